The van der Waals surface area contributed by atoms with Crippen LogP contribution in [0.4, 0.5) is 0 Å². The minimum absolute atomic E-state index is 0.0280. The molecule has 0 amide bonds. The maximum absolute atomic E-state index is 12.1. The monoisotopic (exact) mass is 463 g/mol. The largest absolute Gasteiger partial charge is 0.481 e. The minimum atomic E-state index is -0.800. The van der Waals surface area contributed by atoms with Crippen LogP contribution in [0.5, 0.6) is 0 Å². The number of carboxylic acid groups (broad SMARTS) is 1. The third-order valence-electron chi connectivity index (χ3n) is 6.73. The second-order valence-electron chi connectivity index (χ2n) is 9.30. The van der Waals surface area contributed by atoms with Crippen LogP contribution in [0.1, 0.15) is 53.2 Å². The number of benzene rings is 4. The van der Waals surface area contributed by atoms with Crippen LogP contribution in [-0.4, -0.2) is 16.0 Å². The Morgan fingerprint density at radius 3 is 2.14 bits per heavy atom. The molecular weight excluding hydrogens is 430 g/mol. The molecule has 4 aromatic carbocycles. The average Bonchev–Trinajstić information content (AvgIpc) is 2.88. The summed E-state index contributed by atoms with van der Waals surface area (Å²) in [5, 5.41) is 9.95. The van der Waals surface area contributed by atoms with Crippen molar-refractivity contribution < 1.29 is 9.90 Å². The van der Waals surface area contributed by atoms with Crippen LogP contribution in [0.3, 0.4) is 0 Å². The molecule has 0 aliphatic heterocycles. The lowest BCUT2D eigenvalue weighted by Gasteiger charge is -2.37. The molecule has 0 aromatic heterocycles. The zero-order valence-corrected chi connectivity index (χ0v) is 20.7. The summed E-state index contributed by atoms with van der Waals surface area (Å²) in [6, 6.07) is 35.3. The van der Waals surface area contributed by atoms with Gasteiger partial charge in [0.1, 0.15) is 0 Å². The normalized spacial score (nSPS) is 12.9. The molecule has 0 unspecified atom stereocenters. The van der Waals surface area contributed by atoms with Gasteiger partial charge in [-0.15, -0.1) is 0 Å². The minimum Gasteiger partial charge on any atom is -0.481 e. The van der Waals surface area contributed by atoms with Crippen LogP contribution in [0.25, 0.3) is 11.1 Å². The molecule has 2 atom stereocenters. The fraction of sp³-hybridized carbons (Fsp3) is 0.219. The van der Waals surface area contributed by atoms with Gasteiger partial charge in [-0.25, -0.2) is 0 Å². The molecule has 0 radical (unpaired) electrons. The van der Waals surface area contributed by atoms with E-state index in [4.69, 9.17) is 0 Å². The van der Waals surface area contributed by atoms with E-state index in [2.05, 4.69) is 92.4 Å². The second kappa shape index (κ2) is 11.2. The highest BCUT2D eigenvalue weighted by Gasteiger charge is 2.28. The van der Waals surface area contributed by atoms with Gasteiger partial charge in [0.15, 0.2) is 0 Å². The molecule has 0 saturated heterocycles. The summed E-state index contributed by atoms with van der Waals surface area (Å²) in [6.45, 7) is 7.04. The first-order chi connectivity index (χ1) is 16.9. The van der Waals surface area contributed by atoms with E-state index in [1.165, 1.54) is 22.3 Å². The van der Waals surface area contributed by atoms with Crippen molar-refractivity contribution in [3.63, 3.8) is 0 Å². The predicted octanol–water partition coefficient (Wildman–Crippen LogP) is 7.75. The van der Waals surface area contributed by atoms with Gasteiger partial charge >= 0.3 is 5.97 Å². The zero-order valence-electron chi connectivity index (χ0n) is 20.7. The van der Waals surface area contributed by atoms with Gasteiger partial charge in [0, 0.05) is 18.6 Å². The van der Waals surface area contributed by atoms with Crippen molar-refractivity contribution in [3.8, 4) is 11.1 Å². The van der Waals surface area contributed by atoms with E-state index in [1.807, 2.05) is 36.4 Å². The Hall–Kier alpha value is -3.69. The molecule has 0 heterocycles. The van der Waals surface area contributed by atoms with Crippen LogP contribution in [-0.2, 0) is 11.3 Å². The van der Waals surface area contributed by atoms with Crippen molar-refractivity contribution in [2.75, 3.05) is 0 Å². The molecule has 0 bridgehead atoms. The first-order valence-electron chi connectivity index (χ1n) is 12.2. The number of carboxylic acids is 1. The number of nitrogens with zero attached hydrogens (tertiary/aromatic N) is 1. The first kappa shape index (κ1) is 24.4. The summed E-state index contributed by atoms with van der Waals surface area (Å²) in [7, 11) is 0. The highest BCUT2D eigenvalue weighted by atomic mass is 16.4. The Labute approximate surface area is 208 Å². The summed E-state index contributed by atoms with van der Waals surface area (Å²) < 4.78 is 0. The van der Waals surface area contributed by atoms with Crippen molar-refractivity contribution >= 4 is 5.97 Å². The Bertz CT molecular complexity index is 1270. The third-order valence-corrected chi connectivity index (χ3v) is 6.73. The van der Waals surface area contributed by atoms with E-state index in [0.717, 1.165) is 16.7 Å². The Kier molecular flexibility index (Phi) is 7.79. The summed E-state index contributed by atoms with van der Waals surface area (Å²) in [4.78, 5) is 14.4. The second-order valence-corrected chi connectivity index (χ2v) is 9.30. The number of hydrogen-bond acceptors (Lipinski definition) is 2. The van der Waals surface area contributed by atoms with Crippen LogP contribution in [0.15, 0.2) is 103 Å². The van der Waals surface area contributed by atoms with Crippen molar-refractivity contribution in [2.24, 2.45) is 0 Å². The van der Waals surface area contributed by atoms with Crippen LogP contribution in [0.2, 0.25) is 0 Å². The van der Waals surface area contributed by atoms with Crippen LogP contribution >= 0.6 is 0 Å². The SMILES string of the molecule is Cc1ccc(C)c(-c2cccc([C@H](CC(=O)O)N(Cc3ccccc3)[C@H](C)c3ccccc3)c2)c1. The summed E-state index contributed by atoms with van der Waals surface area (Å²) in [5.41, 5.74) is 8.07. The van der Waals surface area contributed by atoms with E-state index in [0.29, 0.717) is 6.54 Å². The predicted molar refractivity (Wildman–Crippen MR) is 143 cm³/mol. The highest BCUT2D eigenvalue weighted by Crippen LogP contribution is 2.36. The number of aliphatic carboxylic acids is 1. The van der Waals surface area contributed by atoms with E-state index < -0.39 is 5.97 Å². The van der Waals surface area contributed by atoms with Gasteiger partial charge in [0.2, 0.25) is 0 Å². The molecule has 4 aromatic rings. The summed E-state index contributed by atoms with van der Waals surface area (Å²) >= 11 is 0. The lowest BCUT2D eigenvalue weighted by Crippen LogP contribution is -2.32. The molecule has 3 heteroatoms. The molecule has 4 rings (SSSR count). The lowest BCUT2D eigenvalue weighted by atomic mass is 9.92. The number of aryl methyl sites for hydroxylation is 2. The Morgan fingerprint density at radius 1 is 0.800 bits per heavy atom. The van der Waals surface area contributed by atoms with E-state index in [-0.39, 0.29) is 18.5 Å². The van der Waals surface area contributed by atoms with Gasteiger partial charge in [0.05, 0.1) is 6.42 Å². The zero-order chi connectivity index (χ0) is 24.8. The molecule has 0 saturated carbocycles. The maximum atomic E-state index is 12.1. The van der Waals surface area contributed by atoms with Crippen molar-refractivity contribution in [3.05, 3.63) is 131 Å². The highest BCUT2D eigenvalue weighted by molar-refractivity contribution is 5.70. The fourth-order valence-corrected chi connectivity index (χ4v) is 4.79. The number of hydrogen-bond donors (Lipinski definition) is 1. The number of carbonyl (C=O) groups is 1. The molecule has 3 nitrogen and oxygen atoms in total. The third kappa shape index (κ3) is 6.06. The van der Waals surface area contributed by atoms with Crippen molar-refractivity contribution in [2.45, 2.75) is 45.8 Å². The lowest BCUT2D eigenvalue weighted by molar-refractivity contribution is -0.138. The summed E-state index contributed by atoms with van der Waals surface area (Å²) in [6.07, 6.45) is 0.0280. The average molecular weight is 464 g/mol. The van der Waals surface area contributed by atoms with E-state index >= 15 is 0 Å². The Balaban J connectivity index is 1.80. The smallest absolute Gasteiger partial charge is 0.305 e. The molecule has 0 aliphatic rings. The maximum Gasteiger partial charge on any atom is 0.305 e. The first-order valence-corrected chi connectivity index (χ1v) is 12.2. The van der Waals surface area contributed by atoms with Gasteiger partial charge in [-0.1, -0.05) is 103 Å². The molecule has 178 valence electrons. The molecular formula is C32H33NO2. The molecule has 0 fully saturated rings. The van der Waals surface area contributed by atoms with Gasteiger partial charge in [-0.2, -0.15) is 0 Å². The van der Waals surface area contributed by atoms with Gasteiger partial charge in [0.25, 0.3) is 0 Å². The topological polar surface area (TPSA) is 40.5 Å². The van der Waals surface area contributed by atoms with Crippen LogP contribution in [0, 0.1) is 13.8 Å². The van der Waals surface area contributed by atoms with E-state index in [9.17, 15) is 9.90 Å². The van der Waals surface area contributed by atoms with Gasteiger partial charge in [-0.05, 0) is 60.2 Å². The van der Waals surface area contributed by atoms with E-state index in [1.54, 1.807) is 0 Å². The van der Waals surface area contributed by atoms with Crippen molar-refractivity contribution in [1.82, 2.24) is 4.90 Å². The number of rotatable bonds is 9. The summed E-state index contributed by atoms with van der Waals surface area (Å²) in [5.74, 6) is -0.800. The molecule has 0 aliphatic carbocycles. The molecule has 1 N–H and O–H groups in total. The Morgan fingerprint density at radius 2 is 1.46 bits per heavy atom. The quantitative estimate of drug-likeness (QED) is 0.276. The van der Waals surface area contributed by atoms with Crippen LogP contribution < -0.4 is 0 Å². The van der Waals surface area contributed by atoms with Crippen molar-refractivity contribution in [1.29, 1.82) is 0 Å². The molecule has 0 spiro atoms. The van der Waals surface area contributed by atoms with Gasteiger partial charge in [-0.3, -0.25) is 9.69 Å². The van der Waals surface area contributed by atoms with Gasteiger partial charge < -0.3 is 5.11 Å². The standard InChI is InChI=1S/C32H33NO2/c1-23-17-18-24(2)30(19-23)28-15-10-16-29(20-28)31(21-32(34)35)33(22-26-11-6-4-7-12-26)25(3)27-13-8-5-9-14-27/h4-20,25,31H,21-22H2,1-3H3,(H,34,35)/t25-,31+/m1/s1. The fourth-order valence-electron chi connectivity index (χ4n) is 4.79. The molecule has 35 heavy (non-hydrogen) atoms.